The molecule has 2 aliphatic heterocycles. The van der Waals surface area contributed by atoms with E-state index in [2.05, 4.69) is 35.8 Å². The van der Waals surface area contributed by atoms with Crippen LogP contribution in [0.1, 0.15) is 66.0 Å². The van der Waals surface area contributed by atoms with E-state index in [9.17, 15) is 9.59 Å². The molecule has 174 valence electrons. The molecule has 1 saturated heterocycles. The van der Waals surface area contributed by atoms with Crippen molar-refractivity contribution in [1.82, 2.24) is 5.32 Å². The molecule has 2 aromatic heterocycles. The summed E-state index contributed by atoms with van der Waals surface area (Å²) in [6, 6.07) is 8.33. The lowest BCUT2D eigenvalue weighted by atomic mass is 9.74. The lowest BCUT2D eigenvalue weighted by Crippen LogP contribution is -2.36. The highest BCUT2D eigenvalue weighted by molar-refractivity contribution is 7.12. The molecular weight excluding hydrogens is 454 g/mol. The molecule has 1 aliphatic carbocycles. The van der Waals surface area contributed by atoms with Gasteiger partial charge in [-0.05, 0) is 56.2 Å². The second-order valence-electron chi connectivity index (χ2n) is 8.92. The van der Waals surface area contributed by atoms with E-state index in [0.717, 1.165) is 54.1 Å². The lowest BCUT2D eigenvalue weighted by Gasteiger charge is -2.36. The van der Waals surface area contributed by atoms with E-state index in [1.165, 1.54) is 9.75 Å². The quantitative estimate of drug-likeness (QED) is 0.553. The minimum Gasteiger partial charge on any atom is -0.459 e. The van der Waals surface area contributed by atoms with Crippen LogP contribution < -0.4 is 5.32 Å². The van der Waals surface area contributed by atoms with Gasteiger partial charge in [-0.25, -0.2) is 4.79 Å². The van der Waals surface area contributed by atoms with Gasteiger partial charge in [-0.2, -0.15) is 0 Å². The van der Waals surface area contributed by atoms with Gasteiger partial charge in [0.15, 0.2) is 5.78 Å². The Hall–Kier alpha value is -2.22. The lowest BCUT2D eigenvalue weighted by molar-refractivity contribution is -0.142. The maximum atomic E-state index is 13.6. The third-order valence-corrected chi connectivity index (χ3v) is 9.06. The van der Waals surface area contributed by atoms with Crippen LogP contribution in [0, 0.1) is 0 Å². The summed E-state index contributed by atoms with van der Waals surface area (Å²) >= 11 is 3.38. The Morgan fingerprint density at radius 2 is 2.12 bits per heavy atom. The number of aryl methyl sites for hydroxylation is 1. The highest BCUT2D eigenvalue weighted by Gasteiger charge is 2.42. The van der Waals surface area contributed by atoms with Crippen molar-refractivity contribution in [1.29, 1.82) is 0 Å². The fraction of sp³-hybridized carbons (Fsp3) is 0.462. The number of allylic oxidation sites excluding steroid dienone is 3. The zero-order valence-electron chi connectivity index (χ0n) is 19.0. The zero-order chi connectivity index (χ0) is 22.9. The van der Waals surface area contributed by atoms with E-state index < -0.39 is 0 Å². The SMILES string of the molecule is CCc1ccc([C@H]2C(C(=O)OC[C@H]3CCCO3)=C(C)NC3=C2C(=O)C[C@@H](c2cccs2)C3)s1. The summed E-state index contributed by atoms with van der Waals surface area (Å²) in [5.74, 6) is -0.428. The highest BCUT2D eigenvalue weighted by Crippen LogP contribution is 2.47. The summed E-state index contributed by atoms with van der Waals surface area (Å²) in [4.78, 5) is 30.4. The summed E-state index contributed by atoms with van der Waals surface area (Å²) in [6.07, 6.45) is 4.06. The molecule has 3 aliphatic rings. The molecule has 5 nitrogen and oxygen atoms in total. The molecule has 0 bridgehead atoms. The van der Waals surface area contributed by atoms with Gasteiger partial charge in [0.25, 0.3) is 0 Å². The Morgan fingerprint density at radius 1 is 1.24 bits per heavy atom. The van der Waals surface area contributed by atoms with Crippen molar-refractivity contribution in [2.75, 3.05) is 13.2 Å². The van der Waals surface area contributed by atoms with Gasteiger partial charge in [-0.3, -0.25) is 4.79 Å². The van der Waals surface area contributed by atoms with E-state index in [4.69, 9.17) is 9.47 Å². The van der Waals surface area contributed by atoms with E-state index in [1.54, 1.807) is 22.7 Å². The second-order valence-corrected chi connectivity index (χ2v) is 11.1. The first kappa shape index (κ1) is 22.6. The van der Waals surface area contributed by atoms with Gasteiger partial charge >= 0.3 is 5.97 Å². The van der Waals surface area contributed by atoms with Crippen molar-refractivity contribution in [3.05, 3.63) is 66.8 Å². The number of ketones is 1. The normalized spacial score (nSPS) is 25.3. The van der Waals surface area contributed by atoms with Crippen LogP contribution in [-0.2, 0) is 25.5 Å². The van der Waals surface area contributed by atoms with E-state index in [0.29, 0.717) is 12.0 Å². The molecule has 2 aromatic rings. The zero-order valence-corrected chi connectivity index (χ0v) is 20.7. The number of dihydropyridines is 1. The summed E-state index contributed by atoms with van der Waals surface area (Å²) in [7, 11) is 0. The number of Topliss-reactive ketones (excluding diaryl/α,β-unsaturated/α-hetero) is 1. The molecule has 3 atom stereocenters. The molecule has 7 heteroatoms. The van der Waals surface area contributed by atoms with Crippen LogP contribution in [0.4, 0.5) is 0 Å². The smallest absolute Gasteiger partial charge is 0.336 e. The van der Waals surface area contributed by atoms with Gasteiger partial charge in [-0.15, -0.1) is 22.7 Å². The Labute approximate surface area is 202 Å². The van der Waals surface area contributed by atoms with Crippen molar-refractivity contribution in [3.8, 4) is 0 Å². The minimum absolute atomic E-state index is 0.0315. The van der Waals surface area contributed by atoms with Crippen LogP contribution in [0.15, 0.2) is 52.2 Å². The van der Waals surface area contributed by atoms with Crippen LogP contribution >= 0.6 is 22.7 Å². The van der Waals surface area contributed by atoms with Crippen LogP contribution in [0.5, 0.6) is 0 Å². The van der Waals surface area contributed by atoms with Crippen molar-refractivity contribution in [2.24, 2.45) is 0 Å². The molecule has 0 radical (unpaired) electrons. The molecule has 0 amide bonds. The maximum Gasteiger partial charge on any atom is 0.336 e. The summed E-state index contributed by atoms with van der Waals surface area (Å²) in [6.45, 7) is 5.03. The summed E-state index contributed by atoms with van der Waals surface area (Å²) in [5, 5.41) is 5.50. The predicted octanol–water partition coefficient (Wildman–Crippen LogP) is 5.46. The molecule has 5 rings (SSSR count). The summed E-state index contributed by atoms with van der Waals surface area (Å²) < 4.78 is 11.4. The van der Waals surface area contributed by atoms with Crippen LogP contribution in [-0.4, -0.2) is 31.1 Å². The molecule has 0 saturated carbocycles. The standard InChI is InChI=1S/C26H29NO4S2/c1-3-18-8-9-22(33-18)25-23(26(29)31-14-17-6-4-10-30-17)15(2)27-19-12-16(13-20(28)24(19)25)21-7-5-11-32-21/h5,7-9,11,16-17,25,27H,3-4,6,10,12-14H2,1-2H3/t16-,17+,25-/m0/s1. The van der Waals surface area contributed by atoms with Gasteiger partial charge in [0, 0.05) is 50.5 Å². The third kappa shape index (κ3) is 4.46. The Balaban J connectivity index is 1.49. The number of rotatable bonds is 6. The largest absolute Gasteiger partial charge is 0.459 e. The van der Waals surface area contributed by atoms with E-state index >= 15 is 0 Å². The highest BCUT2D eigenvalue weighted by atomic mass is 32.1. The molecule has 0 unspecified atom stereocenters. The monoisotopic (exact) mass is 483 g/mol. The third-order valence-electron chi connectivity index (χ3n) is 6.73. The fourth-order valence-electron chi connectivity index (χ4n) is 5.08. The molecule has 0 spiro atoms. The minimum atomic E-state index is -0.375. The average molecular weight is 484 g/mol. The molecule has 33 heavy (non-hydrogen) atoms. The van der Waals surface area contributed by atoms with Crippen LogP contribution in [0.3, 0.4) is 0 Å². The number of nitrogens with one attached hydrogen (secondary N) is 1. The van der Waals surface area contributed by atoms with Gasteiger partial charge in [0.2, 0.25) is 0 Å². The molecule has 1 N–H and O–H groups in total. The van der Waals surface area contributed by atoms with Gasteiger partial charge in [0.05, 0.1) is 17.6 Å². The maximum absolute atomic E-state index is 13.6. The van der Waals surface area contributed by atoms with Gasteiger partial charge in [0.1, 0.15) is 6.61 Å². The number of carbonyl (C=O) groups is 2. The first-order valence-corrected chi connectivity index (χ1v) is 13.4. The van der Waals surface area contributed by atoms with Crippen molar-refractivity contribution in [2.45, 2.75) is 63.9 Å². The Morgan fingerprint density at radius 3 is 2.82 bits per heavy atom. The van der Waals surface area contributed by atoms with Crippen molar-refractivity contribution in [3.63, 3.8) is 0 Å². The first-order chi connectivity index (χ1) is 16.0. The van der Waals surface area contributed by atoms with Gasteiger partial charge < -0.3 is 14.8 Å². The predicted molar refractivity (Wildman–Crippen MR) is 131 cm³/mol. The molecule has 1 fully saturated rings. The number of ether oxygens (including phenoxy) is 2. The number of hydrogen-bond acceptors (Lipinski definition) is 7. The number of carbonyl (C=O) groups excluding carboxylic acids is 2. The number of thiophene rings is 2. The number of hydrogen-bond donors (Lipinski definition) is 1. The number of esters is 1. The molecular formula is C26H29NO4S2. The first-order valence-electron chi connectivity index (χ1n) is 11.7. The Bertz CT molecular complexity index is 1110. The van der Waals surface area contributed by atoms with Crippen molar-refractivity contribution >= 4 is 34.4 Å². The molecule has 4 heterocycles. The summed E-state index contributed by atoms with van der Waals surface area (Å²) in [5.41, 5.74) is 3.03. The van der Waals surface area contributed by atoms with E-state index in [1.807, 2.05) is 13.0 Å². The van der Waals surface area contributed by atoms with E-state index in [-0.39, 0.29) is 36.3 Å². The Kier molecular flexibility index (Phi) is 6.54. The second kappa shape index (κ2) is 9.57. The average Bonchev–Trinajstić information content (AvgIpc) is 3.59. The topological polar surface area (TPSA) is 64.6 Å². The molecule has 0 aromatic carbocycles. The fourth-order valence-corrected chi connectivity index (χ4v) is 6.98. The van der Waals surface area contributed by atoms with Crippen molar-refractivity contribution < 1.29 is 19.1 Å². The van der Waals surface area contributed by atoms with Crippen LogP contribution in [0.2, 0.25) is 0 Å². The van der Waals surface area contributed by atoms with Crippen LogP contribution in [0.25, 0.3) is 0 Å². The van der Waals surface area contributed by atoms with Gasteiger partial charge in [-0.1, -0.05) is 13.0 Å².